The lowest BCUT2D eigenvalue weighted by Gasteiger charge is -2.13. The van der Waals surface area contributed by atoms with E-state index in [1.54, 1.807) is 32.1 Å². The first kappa shape index (κ1) is 24.6. The summed E-state index contributed by atoms with van der Waals surface area (Å²) in [7, 11) is 5.19. The maximum atomic E-state index is 13.5. The fourth-order valence-corrected chi connectivity index (χ4v) is 3.24. The molecule has 0 saturated carbocycles. The van der Waals surface area contributed by atoms with Gasteiger partial charge in [0.2, 0.25) is 0 Å². The van der Waals surface area contributed by atoms with Gasteiger partial charge in [-0.1, -0.05) is 12.1 Å². The van der Waals surface area contributed by atoms with E-state index in [0.29, 0.717) is 30.2 Å². The summed E-state index contributed by atoms with van der Waals surface area (Å²) < 4.78 is 19.3. The number of amides is 1. The summed E-state index contributed by atoms with van der Waals surface area (Å²) in [5.74, 6) is 1.10. The number of hydrogen-bond donors (Lipinski definition) is 2. The number of nitrogens with one attached hydrogen (secondary N) is 2. The van der Waals surface area contributed by atoms with E-state index in [-0.39, 0.29) is 35.7 Å². The Morgan fingerprint density at radius 1 is 1.16 bits per heavy atom. The largest absolute Gasteiger partial charge is 0.459 e. The third-order valence-electron chi connectivity index (χ3n) is 4.92. The highest BCUT2D eigenvalue weighted by Crippen LogP contribution is 2.25. The van der Waals surface area contributed by atoms with Gasteiger partial charge in [-0.25, -0.2) is 4.39 Å². The number of benzene rings is 2. The molecule has 0 bridgehead atoms. The van der Waals surface area contributed by atoms with Crippen molar-refractivity contribution in [2.75, 3.05) is 27.7 Å². The fraction of sp³-hybridized carbons (Fsp3) is 0.304. The van der Waals surface area contributed by atoms with Gasteiger partial charge in [0.1, 0.15) is 17.2 Å². The maximum Gasteiger partial charge on any atom is 0.253 e. The minimum Gasteiger partial charge on any atom is -0.459 e. The van der Waals surface area contributed by atoms with Gasteiger partial charge >= 0.3 is 0 Å². The predicted molar refractivity (Wildman–Crippen MR) is 133 cm³/mol. The van der Waals surface area contributed by atoms with Crippen molar-refractivity contribution in [3.05, 3.63) is 70.7 Å². The number of furan rings is 1. The molecule has 8 heteroatoms. The highest BCUT2D eigenvalue weighted by molar-refractivity contribution is 14.0. The molecule has 0 aliphatic rings. The Kier molecular flexibility index (Phi) is 8.85. The van der Waals surface area contributed by atoms with Crippen LogP contribution in [0, 0.1) is 12.7 Å². The summed E-state index contributed by atoms with van der Waals surface area (Å²) in [6.45, 7) is 3.01. The Morgan fingerprint density at radius 2 is 1.94 bits per heavy atom. The number of aliphatic imine (C=N–C) groups is 1. The molecule has 3 aromatic rings. The Labute approximate surface area is 198 Å². The standard InChI is InChI=1S/C23H27FN4O2.HI/c1-15-19-13-18(24)8-9-20(19)30-21(15)14-27-23(25-2)26-11-10-16-6-5-7-17(12-16)22(29)28(3)4;/h5-9,12-13H,10-11,14H2,1-4H3,(H2,25,26,27);1H. The second-order valence-electron chi connectivity index (χ2n) is 7.29. The van der Waals surface area contributed by atoms with Gasteiger partial charge in [0.05, 0.1) is 6.54 Å². The molecule has 0 atom stereocenters. The average Bonchev–Trinajstić information content (AvgIpc) is 3.05. The number of aryl methyl sites for hydroxylation is 1. The highest BCUT2D eigenvalue weighted by atomic mass is 127. The van der Waals surface area contributed by atoms with Crippen LogP contribution < -0.4 is 10.6 Å². The molecule has 0 saturated heterocycles. The number of halogens is 2. The lowest BCUT2D eigenvalue weighted by molar-refractivity contribution is 0.0827. The number of fused-ring (bicyclic) bond motifs is 1. The van der Waals surface area contributed by atoms with Gasteiger partial charge in [-0.2, -0.15) is 0 Å². The number of carbonyl (C=O) groups excluding carboxylic acids is 1. The van der Waals surface area contributed by atoms with E-state index in [0.717, 1.165) is 28.7 Å². The first-order valence-corrected chi connectivity index (χ1v) is 9.81. The Hall–Kier alpha value is -2.62. The van der Waals surface area contributed by atoms with E-state index in [1.807, 2.05) is 31.2 Å². The predicted octanol–water partition coefficient (Wildman–Crippen LogP) is 4.11. The summed E-state index contributed by atoms with van der Waals surface area (Å²) in [5.41, 5.74) is 3.33. The van der Waals surface area contributed by atoms with Crippen LogP contribution in [0.1, 0.15) is 27.2 Å². The molecular weight excluding hydrogens is 510 g/mol. The molecule has 6 nitrogen and oxygen atoms in total. The Balaban J connectivity index is 0.00000341. The van der Waals surface area contributed by atoms with Gasteiger partial charge in [0.15, 0.2) is 5.96 Å². The van der Waals surface area contributed by atoms with E-state index >= 15 is 0 Å². The minimum atomic E-state index is -0.278. The summed E-state index contributed by atoms with van der Waals surface area (Å²) in [4.78, 5) is 17.9. The first-order valence-electron chi connectivity index (χ1n) is 9.81. The molecule has 0 fully saturated rings. The van der Waals surface area contributed by atoms with Crippen molar-refractivity contribution < 1.29 is 13.6 Å². The normalized spacial score (nSPS) is 11.2. The number of hydrogen-bond acceptors (Lipinski definition) is 3. The minimum absolute atomic E-state index is 0. The third-order valence-corrected chi connectivity index (χ3v) is 4.92. The highest BCUT2D eigenvalue weighted by Gasteiger charge is 2.12. The van der Waals surface area contributed by atoms with E-state index in [1.165, 1.54) is 12.1 Å². The molecule has 2 N–H and O–H groups in total. The molecule has 2 aromatic carbocycles. The quantitative estimate of drug-likeness (QED) is 0.282. The van der Waals surface area contributed by atoms with Crippen LogP contribution in [0.3, 0.4) is 0 Å². The molecule has 0 unspecified atom stereocenters. The molecule has 0 spiro atoms. The number of rotatable bonds is 6. The number of guanidine groups is 1. The molecule has 3 rings (SSSR count). The van der Waals surface area contributed by atoms with Crippen LogP contribution in [0.5, 0.6) is 0 Å². The smallest absolute Gasteiger partial charge is 0.253 e. The van der Waals surface area contributed by atoms with E-state index < -0.39 is 0 Å². The molecule has 31 heavy (non-hydrogen) atoms. The summed E-state index contributed by atoms with van der Waals surface area (Å²) in [6, 6.07) is 12.2. The summed E-state index contributed by atoms with van der Waals surface area (Å²) in [5, 5.41) is 7.27. The van der Waals surface area contributed by atoms with Gasteiger partial charge < -0.3 is 20.0 Å². The zero-order valence-corrected chi connectivity index (χ0v) is 20.5. The zero-order valence-electron chi connectivity index (χ0n) is 18.2. The molecule has 0 aliphatic heterocycles. The monoisotopic (exact) mass is 538 g/mol. The molecule has 166 valence electrons. The van der Waals surface area contributed by atoms with Crippen molar-refractivity contribution in [1.82, 2.24) is 15.5 Å². The van der Waals surface area contributed by atoms with Crippen molar-refractivity contribution in [3.63, 3.8) is 0 Å². The topological polar surface area (TPSA) is 69.9 Å². The SMILES string of the molecule is CN=C(NCCc1cccc(C(=O)N(C)C)c1)NCc1oc2ccc(F)cc2c1C.I. The second-order valence-corrected chi connectivity index (χ2v) is 7.29. The lowest BCUT2D eigenvalue weighted by Crippen LogP contribution is -2.37. The Morgan fingerprint density at radius 3 is 2.65 bits per heavy atom. The molecule has 1 amide bonds. The third kappa shape index (κ3) is 6.19. The lowest BCUT2D eigenvalue weighted by atomic mass is 10.1. The van der Waals surface area contributed by atoms with Crippen LogP contribution in [-0.2, 0) is 13.0 Å². The van der Waals surface area contributed by atoms with E-state index in [4.69, 9.17) is 4.42 Å². The van der Waals surface area contributed by atoms with Gasteiger partial charge in [0.25, 0.3) is 5.91 Å². The molecule has 1 heterocycles. The van der Waals surface area contributed by atoms with Crippen molar-refractivity contribution in [2.45, 2.75) is 19.9 Å². The summed E-state index contributed by atoms with van der Waals surface area (Å²) >= 11 is 0. The van der Waals surface area contributed by atoms with E-state index in [2.05, 4.69) is 15.6 Å². The van der Waals surface area contributed by atoms with Crippen molar-refractivity contribution in [2.24, 2.45) is 4.99 Å². The zero-order chi connectivity index (χ0) is 21.7. The molecule has 0 aliphatic carbocycles. The van der Waals surface area contributed by atoms with Crippen LogP contribution in [0.15, 0.2) is 51.9 Å². The second kappa shape index (κ2) is 11.1. The van der Waals surface area contributed by atoms with Crippen LogP contribution in [0.25, 0.3) is 11.0 Å². The molecule has 1 aromatic heterocycles. The molecular formula is C23H28FIN4O2. The van der Waals surface area contributed by atoms with Crippen LogP contribution in [0.4, 0.5) is 4.39 Å². The van der Waals surface area contributed by atoms with Crippen LogP contribution in [0.2, 0.25) is 0 Å². The number of carbonyl (C=O) groups is 1. The molecule has 0 radical (unpaired) electrons. The van der Waals surface area contributed by atoms with Gasteiger partial charge in [-0.15, -0.1) is 24.0 Å². The van der Waals surface area contributed by atoms with Crippen LogP contribution in [-0.4, -0.2) is 44.5 Å². The van der Waals surface area contributed by atoms with Gasteiger partial charge in [0, 0.05) is 44.2 Å². The van der Waals surface area contributed by atoms with Crippen LogP contribution >= 0.6 is 24.0 Å². The van der Waals surface area contributed by atoms with Gasteiger partial charge in [-0.05, 0) is 49.2 Å². The number of nitrogens with zero attached hydrogens (tertiary/aromatic N) is 2. The average molecular weight is 538 g/mol. The van der Waals surface area contributed by atoms with Crippen molar-refractivity contribution in [1.29, 1.82) is 0 Å². The van der Waals surface area contributed by atoms with E-state index in [9.17, 15) is 9.18 Å². The van der Waals surface area contributed by atoms with Gasteiger partial charge in [-0.3, -0.25) is 9.79 Å². The van der Waals surface area contributed by atoms with Crippen molar-refractivity contribution >= 4 is 46.8 Å². The summed E-state index contributed by atoms with van der Waals surface area (Å²) in [6.07, 6.45) is 0.748. The first-order chi connectivity index (χ1) is 14.4. The fourth-order valence-electron chi connectivity index (χ4n) is 3.24. The van der Waals surface area contributed by atoms with Crippen molar-refractivity contribution in [3.8, 4) is 0 Å². The maximum absolute atomic E-state index is 13.5. The Bertz CT molecular complexity index is 1080.